The number of anilines is 1. The maximum atomic E-state index is 12.2. The second kappa shape index (κ2) is 9.51. The van der Waals surface area contributed by atoms with E-state index in [9.17, 15) is 4.79 Å². The minimum absolute atomic E-state index is 0.136. The molecule has 0 aliphatic carbocycles. The van der Waals surface area contributed by atoms with Gasteiger partial charge in [-0.3, -0.25) is 9.78 Å². The van der Waals surface area contributed by atoms with Gasteiger partial charge >= 0.3 is 0 Å². The van der Waals surface area contributed by atoms with Crippen LogP contribution >= 0.6 is 0 Å². The molecule has 0 N–H and O–H groups in total. The van der Waals surface area contributed by atoms with Crippen LogP contribution in [0.4, 0.5) is 5.69 Å². The highest BCUT2D eigenvalue weighted by Crippen LogP contribution is 2.30. The molecule has 1 amide bonds. The zero-order valence-corrected chi connectivity index (χ0v) is 14.1. The summed E-state index contributed by atoms with van der Waals surface area (Å²) in [5.41, 5.74) is 2.20. The van der Waals surface area contributed by atoms with E-state index in [1.165, 1.54) is 5.56 Å². The quantitative estimate of drug-likeness (QED) is 0.766. The van der Waals surface area contributed by atoms with Gasteiger partial charge in [-0.05, 0) is 30.4 Å². The number of rotatable bonds is 1. The predicted molar refractivity (Wildman–Crippen MR) is 87.0 cm³/mol. The van der Waals surface area contributed by atoms with Gasteiger partial charge in [0.2, 0.25) is 5.91 Å². The van der Waals surface area contributed by atoms with E-state index >= 15 is 0 Å². The van der Waals surface area contributed by atoms with Crippen LogP contribution in [0.5, 0.6) is 0 Å². The Morgan fingerprint density at radius 3 is 2.40 bits per heavy atom. The lowest BCUT2D eigenvalue weighted by Crippen LogP contribution is -2.34. The number of pyridine rings is 1. The molecule has 1 unspecified atom stereocenters. The van der Waals surface area contributed by atoms with Crippen LogP contribution in [0.2, 0.25) is 0 Å². The van der Waals surface area contributed by atoms with Crippen LogP contribution in [0, 0.1) is 11.8 Å². The van der Waals surface area contributed by atoms with Crippen molar-refractivity contribution in [2.75, 3.05) is 11.9 Å². The molecule has 0 radical (unpaired) electrons. The summed E-state index contributed by atoms with van der Waals surface area (Å²) in [4.78, 5) is 18.1. The third-order valence-corrected chi connectivity index (χ3v) is 3.43. The molecule has 0 fully saturated rings. The Bertz CT molecular complexity index is 402. The Hall–Kier alpha value is -1.38. The summed E-state index contributed by atoms with van der Waals surface area (Å²) in [7, 11) is 1.85. The number of amides is 1. The van der Waals surface area contributed by atoms with Crippen molar-refractivity contribution in [3.05, 3.63) is 24.0 Å². The fourth-order valence-corrected chi connectivity index (χ4v) is 2.35. The van der Waals surface area contributed by atoms with Crippen LogP contribution in [-0.4, -0.2) is 17.9 Å². The Labute approximate surface area is 124 Å². The van der Waals surface area contributed by atoms with Gasteiger partial charge < -0.3 is 4.90 Å². The highest BCUT2D eigenvalue weighted by Gasteiger charge is 2.29. The third kappa shape index (κ3) is 4.32. The maximum Gasteiger partial charge on any atom is 0.230 e. The van der Waals surface area contributed by atoms with Crippen LogP contribution < -0.4 is 4.90 Å². The number of aryl methyl sites for hydroxylation is 1. The van der Waals surface area contributed by atoms with Gasteiger partial charge in [0, 0.05) is 19.2 Å². The van der Waals surface area contributed by atoms with E-state index in [0.29, 0.717) is 5.92 Å². The molecular formula is C17H30N2O. The first-order valence-electron chi connectivity index (χ1n) is 7.81. The molecule has 1 atom stereocenters. The summed E-state index contributed by atoms with van der Waals surface area (Å²) in [5, 5.41) is 0. The molecule has 0 bridgehead atoms. The molecule has 1 aliphatic rings. The number of hydrogen-bond donors (Lipinski definition) is 0. The van der Waals surface area contributed by atoms with Gasteiger partial charge in [-0.2, -0.15) is 0 Å². The van der Waals surface area contributed by atoms with Crippen molar-refractivity contribution < 1.29 is 4.79 Å². The van der Waals surface area contributed by atoms with Crippen molar-refractivity contribution in [3.63, 3.8) is 0 Å². The lowest BCUT2D eigenvalue weighted by Gasteiger charge is -2.23. The Kier molecular flexibility index (Phi) is 8.86. The van der Waals surface area contributed by atoms with Crippen molar-refractivity contribution in [1.82, 2.24) is 4.98 Å². The molecule has 2 rings (SSSR count). The molecule has 1 aliphatic heterocycles. The number of carbonyl (C=O) groups is 1. The highest BCUT2D eigenvalue weighted by molar-refractivity contribution is 5.95. The molecule has 0 aromatic carbocycles. The minimum Gasteiger partial charge on any atom is -0.313 e. The fourth-order valence-electron chi connectivity index (χ4n) is 2.35. The van der Waals surface area contributed by atoms with E-state index in [-0.39, 0.29) is 11.8 Å². The minimum atomic E-state index is 0.136. The number of carbonyl (C=O) groups excluding carboxylic acids is 1. The van der Waals surface area contributed by atoms with Gasteiger partial charge in [0.1, 0.15) is 0 Å². The standard InChI is InChI=1S/C13H18N2O.2C2H6/c1-9(2)11-5-4-10-6-7-14-8-12(10)15(3)13(11)16;2*1-2/h6-9,11H,4-5H2,1-3H3;2*1-2H3. The van der Waals surface area contributed by atoms with Gasteiger partial charge in [-0.15, -0.1) is 0 Å². The van der Waals surface area contributed by atoms with E-state index in [4.69, 9.17) is 0 Å². The normalized spacial score (nSPS) is 17.3. The van der Waals surface area contributed by atoms with Gasteiger partial charge in [0.25, 0.3) is 0 Å². The summed E-state index contributed by atoms with van der Waals surface area (Å²) < 4.78 is 0. The Morgan fingerprint density at radius 2 is 1.85 bits per heavy atom. The second-order valence-electron chi connectivity index (χ2n) is 4.79. The van der Waals surface area contributed by atoms with Crippen molar-refractivity contribution in [1.29, 1.82) is 0 Å². The molecule has 2 heterocycles. The largest absolute Gasteiger partial charge is 0.313 e. The zero-order chi connectivity index (χ0) is 15.7. The lowest BCUT2D eigenvalue weighted by atomic mass is 9.90. The molecule has 1 aromatic rings. The van der Waals surface area contributed by atoms with E-state index in [1.807, 2.05) is 40.8 Å². The van der Waals surface area contributed by atoms with Crippen molar-refractivity contribution in [2.24, 2.45) is 11.8 Å². The molecule has 0 saturated heterocycles. The van der Waals surface area contributed by atoms with Crippen molar-refractivity contribution >= 4 is 11.6 Å². The van der Waals surface area contributed by atoms with Crippen LogP contribution in [0.3, 0.4) is 0 Å². The van der Waals surface area contributed by atoms with Gasteiger partial charge in [0.15, 0.2) is 0 Å². The highest BCUT2D eigenvalue weighted by atomic mass is 16.2. The van der Waals surface area contributed by atoms with E-state index in [0.717, 1.165) is 18.5 Å². The molecule has 1 aromatic heterocycles. The van der Waals surface area contributed by atoms with Crippen molar-refractivity contribution in [3.8, 4) is 0 Å². The summed E-state index contributed by atoms with van der Waals surface area (Å²) >= 11 is 0. The van der Waals surface area contributed by atoms with E-state index in [1.54, 1.807) is 17.3 Å². The smallest absolute Gasteiger partial charge is 0.230 e. The van der Waals surface area contributed by atoms with Crippen molar-refractivity contribution in [2.45, 2.75) is 54.4 Å². The number of hydrogen-bond acceptors (Lipinski definition) is 2. The molecular weight excluding hydrogens is 248 g/mol. The molecule has 3 nitrogen and oxygen atoms in total. The van der Waals surface area contributed by atoms with E-state index in [2.05, 4.69) is 18.8 Å². The van der Waals surface area contributed by atoms with Crippen LogP contribution in [0.15, 0.2) is 18.5 Å². The maximum absolute atomic E-state index is 12.2. The third-order valence-electron chi connectivity index (χ3n) is 3.43. The molecule has 20 heavy (non-hydrogen) atoms. The fraction of sp³-hybridized carbons (Fsp3) is 0.647. The van der Waals surface area contributed by atoms with Crippen LogP contribution in [0.25, 0.3) is 0 Å². The second-order valence-corrected chi connectivity index (χ2v) is 4.79. The molecule has 0 spiro atoms. The van der Waals surface area contributed by atoms with Crippen LogP contribution in [-0.2, 0) is 11.2 Å². The molecule has 114 valence electrons. The monoisotopic (exact) mass is 278 g/mol. The lowest BCUT2D eigenvalue weighted by molar-refractivity contribution is -0.123. The number of aromatic nitrogens is 1. The zero-order valence-electron chi connectivity index (χ0n) is 14.1. The Morgan fingerprint density at radius 1 is 1.25 bits per heavy atom. The first kappa shape index (κ1) is 18.6. The van der Waals surface area contributed by atoms with Gasteiger partial charge in [-0.1, -0.05) is 41.5 Å². The summed E-state index contributed by atoms with van der Waals surface area (Å²) in [5.74, 6) is 0.761. The summed E-state index contributed by atoms with van der Waals surface area (Å²) in [6.45, 7) is 12.2. The average Bonchev–Trinajstić information content (AvgIpc) is 2.62. The first-order chi connectivity index (χ1) is 9.61. The first-order valence-corrected chi connectivity index (χ1v) is 7.81. The SMILES string of the molecule is CC.CC.CC(C)C1CCc2ccncc2N(C)C1=O. The number of fused-ring (bicyclic) bond motifs is 1. The molecule has 0 saturated carbocycles. The van der Waals surface area contributed by atoms with Gasteiger partial charge in [0.05, 0.1) is 11.9 Å². The average molecular weight is 278 g/mol. The van der Waals surface area contributed by atoms with Crippen LogP contribution in [0.1, 0.15) is 53.5 Å². The predicted octanol–water partition coefficient (Wildman–Crippen LogP) is 4.32. The molecule has 3 heteroatoms. The van der Waals surface area contributed by atoms with E-state index < -0.39 is 0 Å². The Balaban J connectivity index is 0.000000829. The summed E-state index contributed by atoms with van der Waals surface area (Å²) in [6.07, 6.45) is 5.50. The number of nitrogens with zero attached hydrogens (tertiary/aromatic N) is 2. The topological polar surface area (TPSA) is 33.2 Å². The summed E-state index contributed by atoms with van der Waals surface area (Å²) in [6, 6.07) is 2.02. The van der Waals surface area contributed by atoms with Gasteiger partial charge in [-0.25, -0.2) is 0 Å².